The van der Waals surface area contributed by atoms with E-state index in [1.165, 1.54) is 0 Å². The molecule has 1 aromatic carbocycles. The van der Waals surface area contributed by atoms with E-state index in [0.717, 1.165) is 18.5 Å². The molecule has 0 spiro atoms. The Hall–Kier alpha value is -1.86. The first-order valence-corrected chi connectivity index (χ1v) is 5.94. The number of nitro benzene ring substituents is 1. The minimum Gasteiger partial charge on any atom is -0.309 e. The number of aryl methyl sites for hydroxylation is 1. The molecule has 1 atom stereocenters. The molecule has 1 aromatic rings. The number of rotatable bonds is 5. The van der Waals surface area contributed by atoms with Crippen LogP contribution in [-0.4, -0.2) is 11.5 Å². The van der Waals surface area contributed by atoms with Crippen molar-refractivity contribution < 1.29 is 4.92 Å². The highest BCUT2D eigenvalue weighted by Crippen LogP contribution is 2.22. The van der Waals surface area contributed by atoms with Crippen LogP contribution in [-0.2, 0) is 0 Å². The second kappa shape index (κ2) is 6.77. The molecule has 0 aromatic heterocycles. The third-order valence-electron chi connectivity index (χ3n) is 2.81. The van der Waals surface area contributed by atoms with Gasteiger partial charge in [-0.05, 0) is 26.3 Å². The van der Waals surface area contributed by atoms with E-state index in [4.69, 9.17) is 0 Å². The van der Waals surface area contributed by atoms with E-state index < -0.39 is 0 Å². The first kappa shape index (κ1) is 14.2. The van der Waals surface area contributed by atoms with Gasteiger partial charge in [-0.15, -0.1) is 11.8 Å². The van der Waals surface area contributed by atoms with Crippen molar-refractivity contribution in [2.75, 3.05) is 6.54 Å². The van der Waals surface area contributed by atoms with Gasteiger partial charge in [0.25, 0.3) is 5.69 Å². The zero-order valence-corrected chi connectivity index (χ0v) is 11.0. The molecule has 0 aliphatic heterocycles. The lowest BCUT2D eigenvalue weighted by atomic mass is 10.0. The summed E-state index contributed by atoms with van der Waals surface area (Å²) in [5.74, 6) is 5.81. The fourth-order valence-electron chi connectivity index (χ4n) is 1.69. The van der Waals surface area contributed by atoms with E-state index in [2.05, 4.69) is 17.2 Å². The molecule has 0 fully saturated rings. The molecule has 0 radical (unpaired) electrons. The standard InChI is InChI=1S/C14H18N2O2/c1-4-5-6-9-15-12(3)13-8-7-11(2)14(10-13)16(17)18/h7-8,10,12,15H,6,9H2,1-3H3. The smallest absolute Gasteiger partial charge is 0.272 e. The molecule has 1 rings (SSSR count). The van der Waals surface area contributed by atoms with Crippen LogP contribution in [0.4, 0.5) is 5.69 Å². The Morgan fingerprint density at radius 2 is 2.22 bits per heavy atom. The highest BCUT2D eigenvalue weighted by Gasteiger charge is 2.13. The van der Waals surface area contributed by atoms with Gasteiger partial charge in [0.1, 0.15) is 0 Å². The van der Waals surface area contributed by atoms with Crippen LogP contribution in [0.2, 0.25) is 0 Å². The van der Waals surface area contributed by atoms with Gasteiger partial charge >= 0.3 is 0 Å². The van der Waals surface area contributed by atoms with E-state index >= 15 is 0 Å². The van der Waals surface area contributed by atoms with Crippen LogP contribution in [0.25, 0.3) is 0 Å². The zero-order valence-electron chi connectivity index (χ0n) is 11.0. The quantitative estimate of drug-likeness (QED) is 0.376. The number of nitro groups is 1. The summed E-state index contributed by atoms with van der Waals surface area (Å²) in [6.45, 7) is 6.33. The van der Waals surface area contributed by atoms with Crippen LogP contribution < -0.4 is 5.32 Å². The second-order valence-electron chi connectivity index (χ2n) is 4.16. The van der Waals surface area contributed by atoms with Crippen LogP contribution in [0, 0.1) is 28.9 Å². The van der Waals surface area contributed by atoms with Gasteiger partial charge in [0, 0.05) is 30.6 Å². The molecule has 0 aliphatic rings. The first-order chi connectivity index (χ1) is 8.56. The minimum absolute atomic E-state index is 0.0861. The van der Waals surface area contributed by atoms with Crippen molar-refractivity contribution in [3.05, 3.63) is 39.4 Å². The van der Waals surface area contributed by atoms with Crippen molar-refractivity contribution in [1.82, 2.24) is 5.32 Å². The van der Waals surface area contributed by atoms with E-state index in [-0.39, 0.29) is 16.7 Å². The second-order valence-corrected chi connectivity index (χ2v) is 4.16. The van der Waals surface area contributed by atoms with E-state index in [0.29, 0.717) is 5.56 Å². The van der Waals surface area contributed by atoms with Crippen molar-refractivity contribution >= 4 is 5.69 Å². The van der Waals surface area contributed by atoms with Crippen LogP contribution in [0.5, 0.6) is 0 Å². The van der Waals surface area contributed by atoms with Gasteiger partial charge in [-0.25, -0.2) is 0 Å². The normalized spacial score (nSPS) is 11.5. The molecule has 1 N–H and O–H groups in total. The largest absolute Gasteiger partial charge is 0.309 e. The maximum atomic E-state index is 10.9. The summed E-state index contributed by atoms with van der Waals surface area (Å²) in [6, 6.07) is 5.43. The van der Waals surface area contributed by atoms with Gasteiger partial charge < -0.3 is 5.32 Å². The molecular weight excluding hydrogens is 228 g/mol. The summed E-state index contributed by atoms with van der Waals surface area (Å²) >= 11 is 0. The lowest BCUT2D eigenvalue weighted by molar-refractivity contribution is -0.385. The topological polar surface area (TPSA) is 55.2 Å². The molecule has 4 heteroatoms. The van der Waals surface area contributed by atoms with Gasteiger partial charge in [-0.2, -0.15) is 0 Å². The predicted octanol–water partition coefficient (Wildman–Crippen LogP) is 2.97. The summed E-state index contributed by atoms with van der Waals surface area (Å²) in [5, 5.41) is 14.2. The maximum Gasteiger partial charge on any atom is 0.272 e. The number of nitrogens with zero attached hydrogens (tertiary/aromatic N) is 1. The number of nitrogens with one attached hydrogen (secondary N) is 1. The van der Waals surface area contributed by atoms with Crippen LogP contribution in [0.3, 0.4) is 0 Å². The van der Waals surface area contributed by atoms with E-state index in [1.54, 1.807) is 19.1 Å². The fraction of sp³-hybridized carbons (Fsp3) is 0.429. The third-order valence-corrected chi connectivity index (χ3v) is 2.81. The molecule has 0 aliphatic carbocycles. The highest BCUT2D eigenvalue weighted by molar-refractivity contribution is 5.43. The third kappa shape index (κ3) is 3.86. The van der Waals surface area contributed by atoms with Crippen LogP contribution >= 0.6 is 0 Å². The van der Waals surface area contributed by atoms with Crippen molar-refractivity contribution in [1.29, 1.82) is 0 Å². The van der Waals surface area contributed by atoms with Crippen molar-refractivity contribution in [2.45, 2.75) is 33.2 Å². The Morgan fingerprint density at radius 3 is 2.83 bits per heavy atom. The van der Waals surface area contributed by atoms with Crippen molar-refractivity contribution in [2.24, 2.45) is 0 Å². The molecule has 0 saturated heterocycles. The van der Waals surface area contributed by atoms with Gasteiger partial charge in [0.2, 0.25) is 0 Å². The van der Waals surface area contributed by atoms with Gasteiger partial charge in [-0.3, -0.25) is 10.1 Å². The lowest BCUT2D eigenvalue weighted by Gasteiger charge is -2.13. The van der Waals surface area contributed by atoms with Gasteiger partial charge in [0.15, 0.2) is 0 Å². The molecule has 0 heterocycles. The Kier molecular flexibility index (Phi) is 5.34. The molecule has 0 bridgehead atoms. The number of hydrogen-bond donors (Lipinski definition) is 1. The summed E-state index contributed by atoms with van der Waals surface area (Å²) in [7, 11) is 0. The van der Waals surface area contributed by atoms with Crippen LogP contribution in [0.15, 0.2) is 18.2 Å². The van der Waals surface area contributed by atoms with E-state index in [9.17, 15) is 10.1 Å². The summed E-state index contributed by atoms with van der Waals surface area (Å²) in [4.78, 5) is 10.5. The van der Waals surface area contributed by atoms with E-state index in [1.807, 2.05) is 19.9 Å². The monoisotopic (exact) mass is 246 g/mol. The Morgan fingerprint density at radius 1 is 1.50 bits per heavy atom. The lowest BCUT2D eigenvalue weighted by Crippen LogP contribution is -2.19. The molecule has 4 nitrogen and oxygen atoms in total. The van der Waals surface area contributed by atoms with Crippen LogP contribution in [0.1, 0.15) is 37.4 Å². The molecule has 0 amide bonds. The Balaban J connectivity index is 2.73. The minimum atomic E-state index is -0.339. The average Bonchev–Trinajstić information content (AvgIpc) is 2.34. The number of benzene rings is 1. The highest BCUT2D eigenvalue weighted by atomic mass is 16.6. The van der Waals surface area contributed by atoms with Crippen molar-refractivity contribution in [3.8, 4) is 11.8 Å². The molecule has 1 unspecified atom stereocenters. The fourth-order valence-corrected chi connectivity index (χ4v) is 1.69. The molecule has 0 saturated carbocycles. The summed E-state index contributed by atoms with van der Waals surface area (Å²) in [5.41, 5.74) is 1.79. The average molecular weight is 246 g/mol. The van der Waals surface area contributed by atoms with Crippen molar-refractivity contribution in [3.63, 3.8) is 0 Å². The predicted molar refractivity (Wildman–Crippen MR) is 72.3 cm³/mol. The number of hydrogen-bond acceptors (Lipinski definition) is 3. The zero-order chi connectivity index (χ0) is 13.5. The molecular formula is C14H18N2O2. The molecule has 96 valence electrons. The molecule has 18 heavy (non-hydrogen) atoms. The Bertz CT molecular complexity index is 486. The van der Waals surface area contributed by atoms with Gasteiger partial charge in [0.05, 0.1) is 4.92 Å². The Labute approximate surface area is 108 Å². The first-order valence-electron chi connectivity index (χ1n) is 5.94. The SMILES string of the molecule is CC#CCCNC(C)c1ccc(C)c([N+](=O)[O-])c1. The summed E-state index contributed by atoms with van der Waals surface area (Å²) in [6.07, 6.45) is 0.787. The van der Waals surface area contributed by atoms with Gasteiger partial charge in [-0.1, -0.05) is 12.1 Å². The maximum absolute atomic E-state index is 10.9. The summed E-state index contributed by atoms with van der Waals surface area (Å²) < 4.78 is 0.